The second-order valence-electron chi connectivity index (χ2n) is 3.98. The van der Waals surface area contributed by atoms with Crippen LogP contribution in [0.4, 0.5) is 24.5 Å². The first-order chi connectivity index (χ1) is 9.49. The second kappa shape index (κ2) is 5.60. The standard InChI is InChI=1S/C13H9F3N2O2/c14-9-5-10(15)13(11(16)6-9)17-7-8-3-1-2-4-12(8)18(19)20/h1-6,17H,7H2. The number of benzene rings is 2. The van der Waals surface area contributed by atoms with Crippen LogP contribution >= 0.6 is 0 Å². The lowest BCUT2D eigenvalue weighted by Gasteiger charge is -2.09. The van der Waals surface area contributed by atoms with E-state index in [2.05, 4.69) is 5.32 Å². The molecule has 104 valence electrons. The molecular formula is C13H9F3N2O2. The molecule has 0 aliphatic heterocycles. The Morgan fingerprint density at radius 3 is 2.30 bits per heavy atom. The van der Waals surface area contributed by atoms with Crippen LogP contribution in [0.3, 0.4) is 0 Å². The van der Waals surface area contributed by atoms with Gasteiger partial charge in [-0.2, -0.15) is 0 Å². The molecule has 2 rings (SSSR count). The molecule has 0 unspecified atom stereocenters. The third-order valence-electron chi connectivity index (χ3n) is 2.65. The lowest BCUT2D eigenvalue weighted by Crippen LogP contribution is -2.06. The molecule has 0 saturated heterocycles. The molecule has 20 heavy (non-hydrogen) atoms. The molecule has 2 aromatic carbocycles. The average Bonchev–Trinajstić information content (AvgIpc) is 2.37. The highest BCUT2D eigenvalue weighted by Gasteiger charge is 2.15. The summed E-state index contributed by atoms with van der Waals surface area (Å²) in [6.45, 7) is -0.156. The summed E-state index contributed by atoms with van der Waals surface area (Å²) >= 11 is 0. The molecule has 0 radical (unpaired) electrons. The maximum Gasteiger partial charge on any atom is 0.274 e. The van der Waals surface area contributed by atoms with E-state index in [-0.39, 0.29) is 17.8 Å². The van der Waals surface area contributed by atoms with Gasteiger partial charge in [-0.3, -0.25) is 10.1 Å². The number of hydrogen-bond acceptors (Lipinski definition) is 3. The van der Waals surface area contributed by atoms with E-state index in [1.807, 2.05) is 0 Å². The Bertz CT molecular complexity index is 639. The summed E-state index contributed by atoms with van der Waals surface area (Å²) in [7, 11) is 0. The average molecular weight is 282 g/mol. The first-order valence-corrected chi connectivity index (χ1v) is 5.59. The maximum atomic E-state index is 13.4. The van der Waals surface area contributed by atoms with Gasteiger partial charge in [0.2, 0.25) is 0 Å². The smallest absolute Gasteiger partial charge is 0.274 e. The van der Waals surface area contributed by atoms with E-state index < -0.39 is 28.1 Å². The number of para-hydroxylation sites is 1. The third kappa shape index (κ3) is 2.87. The van der Waals surface area contributed by atoms with E-state index in [0.717, 1.165) is 0 Å². The first kappa shape index (κ1) is 13.9. The second-order valence-corrected chi connectivity index (χ2v) is 3.98. The van der Waals surface area contributed by atoms with E-state index in [0.29, 0.717) is 12.1 Å². The van der Waals surface area contributed by atoms with Crippen molar-refractivity contribution < 1.29 is 18.1 Å². The number of nitro benzene ring substituents is 1. The van der Waals surface area contributed by atoms with E-state index >= 15 is 0 Å². The molecule has 0 aliphatic rings. The summed E-state index contributed by atoms with van der Waals surface area (Å²) in [4.78, 5) is 10.2. The monoisotopic (exact) mass is 282 g/mol. The fourth-order valence-electron chi connectivity index (χ4n) is 1.73. The van der Waals surface area contributed by atoms with Crippen molar-refractivity contribution in [3.63, 3.8) is 0 Å². The highest BCUT2D eigenvalue weighted by molar-refractivity contribution is 5.49. The van der Waals surface area contributed by atoms with Crippen LogP contribution in [0.2, 0.25) is 0 Å². The Hall–Kier alpha value is -2.57. The van der Waals surface area contributed by atoms with Gasteiger partial charge in [0.15, 0.2) is 11.6 Å². The van der Waals surface area contributed by atoms with E-state index in [4.69, 9.17) is 0 Å². The van der Waals surface area contributed by atoms with Crippen LogP contribution in [0, 0.1) is 27.6 Å². The number of nitrogens with one attached hydrogen (secondary N) is 1. The molecule has 0 bridgehead atoms. The fourth-order valence-corrected chi connectivity index (χ4v) is 1.73. The van der Waals surface area contributed by atoms with Crippen molar-refractivity contribution in [2.24, 2.45) is 0 Å². The highest BCUT2D eigenvalue weighted by atomic mass is 19.1. The van der Waals surface area contributed by atoms with Crippen molar-refractivity contribution in [3.8, 4) is 0 Å². The molecule has 0 atom stereocenters. The van der Waals surface area contributed by atoms with Gasteiger partial charge >= 0.3 is 0 Å². The molecular weight excluding hydrogens is 273 g/mol. The zero-order valence-electron chi connectivity index (χ0n) is 10.1. The number of nitro groups is 1. The van der Waals surface area contributed by atoms with Gasteiger partial charge in [-0.05, 0) is 0 Å². The van der Waals surface area contributed by atoms with Gasteiger partial charge in [-0.15, -0.1) is 0 Å². The van der Waals surface area contributed by atoms with Gasteiger partial charge in [-0.25, -0.2) is 13.2 Å². The SMILES string of the molecule is O=[N+]([O-])c1ccccc1CNc1c(F)cc(F)cc1F. The lowest BCUT2D eigenvalue weighted by molar-refractivity contribution is -0.385. The van der Waals surface area contributed by atoms with Crippen molar-refractivity contribution in [3.05, 3.63) is 69.5 Å². The Labute approximate surface area is 112 Å². The van der Waals surface area contributed by atoms with Crippen molar-refractivity contribution >= 4 is 11.4 Å². The predicted molar refractivity (Wildman–Crippen MR) is 66.7 cm³/mol. The number of halogens is 3. The van der Waals surface area contributed by atoms with Gasteiger partial charge in [0.1, 0.15) is 11.5 Å². The van der Waals surface area contributed by atoms with E-state index in [1.54, 1.807) is 6.07 Å². The minimum atomic E-state index is -1.10. The van der Waals surface area contributed by atoms with Gasteiger partial charge in [0.05, 0.1) is 4.92 Å². The highest BCUT2D eigenvalue weighted by Crippen LogP contribution is 2.23. The Morgan fingerprint density at radius 2 is 1.70 bits per heavy atom. The summed E-state index contributed by atoms with van der Waals surface area (Å²) in [5, 5.41) is 13.2. The molecule has 1 N–H and O–H groups in total. The zero-order chi connectivity index (χ0) is 14.7. The summed E-state index contributed by atoms with van der Waals surface area (Å²) in [6.07, 6.45) is 0. The largest absolute Gasteiger partial charge is 0.376 e. The van der Waals surface area contributed by atoms with Crippen LogP contribution in [0.1, 0.15) is 5.56 Å². The number of hydrogen-bond donors (Lipinski definition) is 1. The summed E-state index contributed by atoms with van der Waals surface area (Å²) in [5.41, 5.74) is -0.423. The molecule has 7 heteroatoms. The zero-order valence-corrected chi connectivity index (χ0v) is 10.1. The fraction of sp³-hybridized carbons (Fsp3) is 0.0769. The lowest BCUT2D eigenvalue weighted by atomic mass is 10.1. The van der Waals surface area contributed by atoms with Crippen LogP contribution in [-0.2, 0) is 6.54 Å². The minimum absolute atomic E-state index is 0.156. The molecule has 0 heterocycles. The van der Waals surface area contributed by atoms with Crippen molar-refractivity contribution in [1.29, 1.82) is 0 Å². The first-order valence-electron chi connectivity index (χ1n) is 5.59. The van der Waals surface area contributed by atoms with Crippen LogP contribution in [0.5, 0.6) is 0 Å². The van der Waals surface area contributed by atoms with Gasteiger partial charge in [0, 0.05) is 30.3 Å². The maximum absolute atomic E-state index is 13.4. The van der Waals surface area contributed by atoms with Crippen LogP contribution in [0.15, 0.2) is 36.4 Å². The van der Waals surface area contributed by atoms with Crippen molar-refractivity contribution in [1.82, 2.24) is 0 Å². The number of rotatable bonds is 4. The Kier molecular flexibility index (Phi) is 3.88. The molecule has 0 fully saturated rings. The molecule has 0 saturated carbocycles. The van der Waals surface area contributed by atoms with Crippen molar-refractivity contribution in [2.75, 3.05) is 5.32 Å². The summed E-state index contributed by atoms with van der Waals surface area (Å²) in [6, 6.07) is 6.87. The van der Waals surface area contributed by atoms with Gasteiger partial charge in [0.25, 0.3) is 5.69 Å². The third-order valence-corrected chi connectivity index (χ3v) is 2.65. The quantitative estimate of drug-likeness (QED) is 0.688. The van der Waals surface area contributed by atoms with Crippen LogP contribution < -0.4 is 5.32 Å². The van der Waals surface area contributed by atoms with Crippen LogP contribution in [-0.4, -0.2) is 4.92 Å². The molecule has 0 aromatic heterocycles. The molecule has 0 aliphatic carbocycles. The number of nitrogens with zero attached hydrogens (tertiary/aromatic N) is 1. The summed E-state index contributed by atoms with van der Waals surface area (Å²) < 4.78 is 39.5. The van der Waals surface area contributed by atoms with Gasteiger partial charge in [-0.1, -0.05) is 18.2 Å². The predicted octanol–water partition coefficient (Wildman–Crippen LogP) is 3.62. The topological polar surface area (TPSA) is 55.2 Å². The summed E-state index contributed by atoms with van der Waals surface area (Å²) in [5.74, 6) is -3.22. The van der Waals surface area contributed by atoms with Crippen molar-refractivity contribution in [2.45, 2.75) is 6.54 Å². The van der Waals surface area contributed by atoms with Gasteiger partial charge < -0.3 is 5.32 Å². The number of anilines is 1. The minimum Gasteiger partial charge on any atom is -0.376 e. The normalized spacial score (nSPS) is 10.3. The molecule has 4 nitrogen and oxygen atoms in total. The molecule has 2 aromatic rings. The molecule has 0 spiro atoms. The van der Waals surface area contributed by atoms with E-state index in [9.17, 15) is 23.3 Å². The molecule has 0 amide bonds. The Morgan fingerprint density at radius 1 is 1.10 bits per heavy atom. The van der Waals surface area contributed by atoms with Crippen LogP contribution in [0.25, 0.3) is 0 Å². The van der Waals surface area contributed by atoms with E-state index in [1.165, 1.54) is 18.2 Å². The Balaban J connectivity index is 2.24.